The Kier molecular flexibility index (Phi) is 4.90. The summed E-state index contributed by atoms with van der Waals surface area (Å²) in [5.74, 6) is 0. The first-order chi connectivity index (χ1) is 7.45. The number of hydrogen-bond acceptors (Lipinski definition) is 3. The SMILES string of the molecule is C1CCC(NCCCN2CCOCC2)C1. The first-order valence-corrected chi connectivity index (χ1v) is 6.48. The topological polar surface area (TPSA) is 24.5 Å². The third-order valence-corrected chi connectivity index (χ3v) is 3.54. The fraction of sp³-hybridized carbons (Fsp3) is 1.00. The van der Waals surface area contributed by atoms with Gasteiger partial charge < -0.3 is 10.1 Å². The van der Waals surface area contributed by atoms with Crippen molar-refractivity contribution >= 4 is 0 Å². The first kappa shape index (κ1) is 11.4. The largest absolute Gasteiger partial charge is 0.379 e. The van der Waals surface area contributed by atoms with Crippen molar-refractivity contribution in [2.45, 2.75) is 38.1 Å². The Morgan fingerprint density at radius 3 is 2.60 bits per heavy atom. The van der Waals surface area contributed by atoms with Crippen molar-refractivity contribution in [3.8, 4) is 0 Å². The lowest BCUT2D eigenvalue weighted by Gasteiger charge is -2.26. The molecule has 1 N–H and O–H groups in total. The molecule has 0 unspecified atom stereocenters. The van der Waals surface area contributed by atoms with Gasteiger partial charge in [0.15, 0.2) is 0 Å². The van der Waals surface area contributed by atoms with Gasteiger partial charge in [-0.15, -0.1) is 0 Å². The van der Waals surface area contributed by atoms with E-state index in [9.17, 15) is 0 Å². The molecule has 3 nitrogen and oxygen atoms in total. The highest BCUT2D eigenvalue weighted by Gasteiger charge is 2.14. The minimum atomic E-state index is 0.828. The van der Waals surface area contributed by atoms with Crippen LogP contribution >= 0.6 is 0 Å². The van der Waals surface area contributed by atoms with Crippen molar-refractivity contribution in [2.24, 2.45) is 0 Å². The van der Waals surface area contributed by atoms with E-state index in [1.807, 2.05) is 0 Å². The van der Waals surface area contributed by atoms with Crippen LogP contribution in [0, 0.1) is 0 Å². The van der Waals surface area contributed by atoms with Crippen molar-refractivity contribution < 1.29 is 4.74 Å². The molecular formula is C12H24N2O. The molecule has 1 saturated carbocycles. The zero-order valence-corrected chi connectivity index (χ0v) is 9.71. The lowest BCUT2D eigenvalue weighted by atomic mass is 10.2. The molecule has 0 aromatic carbocycles. The second-order valence-electron chi connectivity index (χ2n) is 4.74. The molecular weight excluding hydrogens is 188 g/mol. The molecule has 2 aliphatic rings. The highest BCUT2D eigenvalue weighted by atomic mass is 16.5. The summed E-state index contributed by atoms with van der Waals surface area (Å²) in [5.41, 5.74) is 0. The van der Waals surface area contributed by atoms with Gasteiger partial charge in [-0.3, -0.25) is 4.90 Å². The minimum Gasteiger partial charge on any atom is -0.379 e. The number of ether oxygens (including phenoxy) is 1. The summed E-state index contributed by atoms with van der Waals surface area (Å²) < 4.78 is 5.33. The van der Waals surface area contributed by atoms with Crippen LogP contribution in [0.2, 0.25) is 0 Å². The lowest BCUT2D eigenvalue weighted by molar-refractivity contribution is 0.0374. The molecule has 1 heterocycles. The Hall–Kier alpha value is -0.120. The number of rotatable bonds is 5. The van der Waals surface area contributed by atoms with E-state index in [-0.39, 0.29) is 0 Å². The summed E-state index contributed by atoms with van der Waals surface area (Å²) in [6.45, 7) is 6.55. The van der Waals surface area contributed by atoms with Crippen LogP contribution in [0.1, 0.15) is 32.1 Å². The molecule has 0 aromatic heterocycles. The smallest absolute Gasteiger partial charge is 0.0594 e. The quantitative estimate of drug-likeness (QED) is 0.694. The summed E-state index contributed by atoms with van der Waals surface area (Å²) >= 11 is 0. The summed E-state index contributed by atoms with van der Waals surface area (Å²) in [7, 11) is 0. The van der Waals surface area contributed by atoms with Crippen LogP contribution < -0.4 is 5.32 Å². The maximum atomic E-state index is 5.33. The van der Waals surface area contributed by atoms with Gasteiger partial charge in [0, 0.05) is 19.1 Å². The Morgan fingerprint density at radius 1 is 1.13 bits per heavy atom. The summed E-state index contributed by atoms with van der Waals surface area (Å²) in [6.07, 6.45) is 6.95. The molecule has 0 radical (unpaired) electrons. The molecule has 3 heteroatoms. The normalized spacial score (nSPS) is 24.8. The molecule has 15 heavy (non-hydrogen) atoms. The maximum absolute atomic E-state index is 5.33. The van der Waals surface area contributed by atoms with E-state index in [2.05, 4.69) is 10.2 Å². The molecule has 0 amide bonds. The van der Waals surface area contributed by atoms with E-state index in [0.29, 0.717) is 0 Å². The Bertz CT molecular complexity index is 163. The van der Waals surface area contributed by atoms with E-state index in [0.717, 1.165) is 32.3 Å². The Labute approximate surface area is 93.2 Å². The zero-order valence-electron chi connectivity index (χ0n) is 9.71. The predicted octanol–water partition coefficient (Wildman–Crippen LogP) is 1.24. The highest BCUT2D eigenvalue weighted by molar-refractivity contribution is 4.73. The van der Waals surface area contributed by atoms with Crippen LogP contribution in [0.3, 0.4) is 0 Å². The minimum absolute atomic E-state index is 0.828. The van der Waals surface area contributed by atoms with Gasteiger partial charge >= 0.3 is 0 Å². The highest BCUT2D eigenvalue weighted by Crippen LogP contribution is 2.17. The number of nitrogens with one attached hydrogen (secondary N) is 1. The number of nitrogens with zero attached hydrogens (tertiary/aromatic N) is 1. The van der Waals surface area contributed by atoms with E-state index in [4.69, 9.17) is 4.74 Å². The van der Waals surface area contributed by atoms with Crippen molar-refractivity contribution in [1.82, 2.24) is 10.2 Å². The monoisotopic (exact) mass is 212 g/mol. The maximum Gasteiger partial charge on any atom is 0.0594 e. The van der Waals surface area contributed by atoms with Crippen molar-refractivity contribution in [3.05, 3.63) is 0 Å². The summed E-state index contributed by atoms with van der Waals surface area (Å²) in [6, 6.07) is 0.828. The van der Waals surface area contributed by atoms with Gasteiger partial charge in [-0.2, -0.15) is 0 Å². The van der Waals surface area contributed by atoms with Crippen LogP contribution in [-0.2, 0) is 4.74 Å². The van der Waals surface area contributed by atoms with Gasteiger partial charge in [0.25, 0.3) is 0 Å². The van der Waals surface area contributed by atoms with Crippen LogP contribution in [0.4, 0.5) is 0 Å². The molecule has 88 valence electrons. The molecule has 1 aliphatic carbocycles. The second-order valence-corrected chi connectivity index (χ2v) is 4.74. The molecule has 0 spiro atoms. The van der Waals surface area contributed by atoms with Crippen molar-refractivity contribution in [3.63, 3.8) is 0 Å². The van der Waals surface area contributed by atoms with Gasteiger partial charge in [-0.1, -0.05) is 12.8 Å². The van der Waals surface area contributed by atoms with Crippen LogP contribution in [0.25, 0.3) is 0 Å². The van der Waals surface area contributed by atoms with Crippen LogP contribution in [0.5, 0.6) is 0 Å². The molecule has 0 aromatic rings. The van der Waals surface area contributed by atoms with Crippen LogP contribution in [0.15, 0.2) is 0 Å². The molecule has 2 fully saturated rings. The lowest BCUT2D eigenvalue weighted by Crippen LogP contribution is -2.38. The number of hydrogen-bond donors (Lipinski definition) is 1. The molecule has 0 bridgehead atoms. The van der Waals surface area contributed by atoms with Gasteiger partial charge in [-0.25, -0.2) is 0 Å². The Balaban J connectivity index is 1.47. The summed E-state index contributed by atoms with van der Waals surface area (Å²) in [4.78, 5) is 2.51. The molecule has 1 saturated heterocycles. The van der Waals surface area contributed by atoms with Gasteiger partial charge in [0.1, 0.15) is 0 Å². The van der Waals surface area contributed by atoms with Crippen LogP contribution in [-0.4, -0.2) is 50.3 Å². The van der Waals surface area contributed by atoms with E-state index in [1.165, 1.54) is 45.2 Å². The van der Waals surface area contributed by atoms with Gasteiger partial charge in [-0.05, 0) is 32.4 Å². The average Bonchev–Trinajstić information content (AvgIpc) is 2.79. The van der Waals surface area contributed by atoms with Crippen molar-refractivity contribution in [2.75, 3.05) is 39.4 Å². The molecule has 2 rings (SSSR count). The fourth-order valence-corrected chi connectivity index (χ4v) is 2.56. The fourth-order valence-electron chi connectivity index (χ4n) is 2.56. The van der Waals surface area contributed by atoms with Gasteiger partial charge in [0.05, 0.1) is 13.2 Å². The summed E-state index contributed by atoms with van der Waals surface area (Å²) in [5, 5.41) is 3.66. The third kappa shape index (κ3) is 4.09. The van der Waals surface area contributed by atoms with E-state index in [1.54, 1.807) is 0 Å². The number of morpholine rings is 1. The molecule has 0 atom stereocenters. The zero-order chi connectivity index (χ0) is 10.3. The first-order valence-electron chi connectivity index (χ1n) is 6.48. The van der Waals surface area contributed by atoms with E-state index < -0.39 is 0 Å². The van der Waals surface area contributed by atoms with E-state index >= 15 is 0 Å². The average molecular weight is 212 g/mol. The second kappa shape index (κ2) is 6.46. The predicted molar refractivity (Wildman–Crippen MR) is 62.1 cm³/mol. The van der Waals surface area contributed by atoms with Gasteiger partial charge in [0.2, 0.25) is 0 Å². The standard InChI is InChI=1S/C12H24N2O/c1-2-5-12(4-1)13-6-3-7-14-8-10-15-11-9-14/h12-13H,1-11H2. The third-order valence-electron chi connectivity index (χ3n) is 3.54. The van der Waals surface area contributed by atoms with Crippen molar-refractivity contribution in [1.29, 1.82) is 0 Å². The Morgan fingerprint density at radius 2 is 1.87 bits per heavy atom. The molecule has 1 aliphatic heterocycles.